The molecule has 2 aromatic heterocycles. The first-order valence-electron chi connectivity index (χ1n) is 11.9. The number of aromatic nitrogens is 2. The van der Waals surface area contributed by atoms with Gasteiger partial charge < -0.3 is 24.6 Å². The van der Waals surface area contributed by atoms with Crippen LogP contribution in [-0.4, -0.2) is 45.3 Å². The van der Waals surface area contributed by atoms with Gasteiger partial charge in [0.25, 0.3) is 5.91 Å². The smallest absolute Gasteiger partial charge is 0.274 e. The summed E-state index contributed by atoms with van der Waals surface area (Å²) in [6, 6.07) is 17.1. The molecule has 0 saturated heterocycles. The lowest BCUT2D eigenvalue weighted by Crippen LogP contribution is -2.44. The van der Waals surface area contributed by atoms with E-state index >= 15 is 0 Å². The van der Waals surface area contributed by atoms with Gasteiger partial charge in [0, 0.05) is 36.5 Å². The molecule has 8 nitrogen and oxygen atoms in total. The Kier molecular flexibility index (Phi) is 6.56. The molecule has 1 aliphatic heterocycles. The maximum atomic E-state index is 13.5. The molecule has 0 bridgehead atoms. The molecule has 2 aromatic carbocycles. The number of nitrogens with one attached hydrogen (secondary N) is 1. The van der Waals surface area contributed by atoms with Crippen LogP contribution in [0.2, 0.25) is 0 Å². The predicted octanol–water partition coefficient (Wildman–Crippen LogP) is 3.39. The van der Waals surface area contributed by atoms with E-state index in [1.165, 1.54) is 12.1 Å². The van der Waals surface area contributed by atoms with E-state index in [4.69, 9.17) is 0 Å². The fourth-order valence-corrected chi connectivity index (χ4v) is 5.93. The van der Waals surface area contributed by atoms with Crippen molar-refractivity contribution in [3.05, 3.63) is 95.0 Å². The molecule has 0 aliphatic carbocycles. The van der Waals surface area contributed by atoms with Gasteiger partial charge in [-0.3, -0.25) is 9.78 Å². The Morgan fingerprint density at radius 2 is 1.84 bits per heavy atom. The second-order valence-electron chi connectivity index (χ2n) is 9.35. The zero-order valence-corrected chi connectivity index (χ0v) is 21.5. The maximum absolute atomic E-state index is 13.5. The highest BCUT2D eigenvalue weighted by Gasteiger charge is 2.30. The summed E-state index contributed by atoms with van der Waals surface area (Å²) >= 11 is 0. The monoisotopic (exact) mass is 519 g/mol. The Morgan fingerprint density at radius 3 is 2.59 bits per heavy atom. The Balaban J connectivity index is 1.54. The zero-order chi connectivity index (χ0) is 26.2. The second-order valence-corrected chi connectivity index (χ2v) is 12.5. The maximum Gasteiger partial charge on any atom is 0.274 e. The molecule has 190 valence electrons. The Bertz CT molecular complexity index is 1610. The quantitative estimate of drug-likeness (QED) is 0.301. The van der Waals surface area contributed by atoms with Crippen LogP contribution in [0, 0.1) is 5.82 Å². The topological polar surface area (TPSA) is 99.8 Å². The fraction of sp³-hybridized carbons (Fsp3) is 0.222. The molecular formula is C27H27FN5O3P. The van der Waals surface area contributed by atoms with Crippen molar-refractivity contribution in [2.45, 2.75) is 19.6 Å². The van der Waals surface area contributed by atoms with Gasteiger partial charge in [-0.15, -0.1) is 0 Å². The van der Waals surface area contributed by atoms with E-state index < -0.39 is 7.14 Å². The van der Waals surface area contributed by atoms with Crippen molar-refractivity contribution in [2.75, 3.05) is 19.9 Å². The molecule has 0 unspecified atom stereocenters. The SMILES string of the molecule is CP(C)(=O)c1ccccc1CN/N=c1\c2cccnc2c(O)c2n1CCN(Cc1ccc(F)cc1)C2=O. The first kappa shape index (κ1) is 24.7. The fourth-order valence-electron chi connectivity index (χ4n) is 4.64. The summed E-state index contributed by atoms with van der Waals surface area (Å²) in [7, 11) is -2.48. The number of hydrogen-bond donors (Lipinski definition) is 2. The van der Waals surface area contributed by atoms with Crippen molar-refractivity contribution in [2.24, 2.45) is 5.10 Å². The van der Waals surface area contributed by atoms with Crippen LogP contribution in [-0.2, 0) is 24.2 Å². The molecule has 1 amide bonds. The summed E-state index contributed by atoms with van der Waals surface area (Å²) in [5.41, 5.74) is 5.59. The van der Waals surface area contributed by atoms with Crippen LogP contribution in [0.25, 0.3) is 10.9 Å². The highest BCUT2D eigenvalue weighted by Crippen LogP contribution is 2.35. The number of halogens is 1. The summed E-state index contributed by atoms with van der Waals surface area (Å²) in [6.07, 6.45) is 1.55. The van der Waals surface area contributed by atoms with E-state index in [0.717, 1.165) is 16.4 Å². The average Bonchev–Trinajstić information content (AvgIpc) is 2.88. The van der Waals surface area contributed by atoms with Crippen LogP contribution < -0.4 is 16.2 Å². The lowest BCUT2D eigenvalue weighted by Gasteiger charge is -2.31. The number of rotatable bonds is 6. The second kappa shape index (κ2) is 9.82. The average molecular weight is 520 g/mol. The van der Waals surface area contributed by atoms with Crippen molar-refractivity contribution < 1.29 is 18.9 Å². The molecule has 0 saturated carbocycles. The van der Waals surface area contributed by atoms with Gasteiger partial charge in [-0.05, 0) is 48.7 Å². The highest BCUT2D eigenvalue weighted by molar-refractivity contribution is 7.70. The number of pyridine rings is 2. The van der Waals surface area contributed by atoms with E-state index in [0.29, 0.717) is 30.5 Å². The third kappa shape index (κ3) is 4.87. The molecule has 0 spiro atoms. The normalized spacial score (nSPS) is 14.2. The minimum absolute atomic E-state index is 0.104. The van der Waals surface area contributed by atoms with E-state index in [1.54, 1.807) is 53.3 Å². The number of nitrogens with zero attached hydrogens (tertiary/aromatic N) is 4. The summed E-state index contributed by atoms with van der Waals surface area (Å²) in [6.45, 7) is 4.88. The van der Waals surface area contributed by atoms with Gasteiger partial charge in [0.2, 0.25) is 0 Å². The molecule has 0 atom stereocenters. The zero-order valence-electron chi connectivity index (χ0n) is 20.6. The van der Waals surface area contributed by atoms with Crippen LogP contribution >= 0.6 is 7.14 Å². The van der Waals surface area contributed by atoms with Crippen LogP contribution in [0.4, 0.5) is 4.39 Å². The third-order valence-corrected chi connectivity index (χ3v) is 8.02. The van der Waals surface area contributed by atoms with Crippen molar-refractivity contribution in [3.8, 4) is 5.75 Å². The standard InChI is InChI=1S/C27H27FN5O3P/c1-37(2,36)22-8-4-3-6-19(22)16-30-31-26-21-7-5-13-29-23(21)25(34)24-27(35)32(14-15-33(24)26)17-18-9-11-20(28)12-10-18/h3-13,30,34H,14-17H2,1-2H3/b31-26+. The molecule has 3 heterocycles. The largest absolute Gasteiger partial charge is 0.504 e. The molecule has 2 N–H and O–H groups in total. The van der Waals surface area contributed by atoms with Crippen LogP contribution in [0.1, 0.15) is 21.6 Å². The molecule has 1 aliphatic rings. The lowest BCUT2D eigenvalue weighted by atomic mass is 10.1. The summed E-state index contributed by atoms with van der Waals surface area (Å²) < 4.78 is 27.8. The lowest BCUT2D eigenvalue weighted by molar-refractivity contribution is 0.0681. The van der Waals surface area contributed by atoms with Gasteiger partial charge in [0.15, 0.2) is 16.9 Å². The Labute approximate surface area is 213 Å². The summed E-state index contributed by atoms with van der Waals surface area (Å²) in [5.74, 6) is -0.904. The van der Waals surface area contributed by atoms with Gasteiger partial charge >= 0.3 is 0 Å². The molecule has 4 aromatic rings. The van der Waals surface area contributed by atoms with Gasteiger partial charge in [0.05, 0.1) is 6.54 Å². The summed E-state index contributed by atoms with van der Waals surface area (Å²) in [5, 5.41) is 17.1. The number of carbonyl (C=O) groups is 1. The van der Waals surface area contributed by atoms with Crippen molar-refractivity contribution in [3.63, 3.8) is 0 Å². The molecule has 10 heteroatoms. The van der Waals surface area contributed by atoms with Crippen LogP contribution in [0.15, 0.2) is 72.0 Å². The van der Waals surface area contributed by atoms with E-state index in [2.05, 4.69) is 15.5 Å². The number of carbonyl (C=O) groups excluding carboxylic acids is 1. The van der Waals surface area contributed by atoms with Crippen molar-refractivity contribution in [1.29, 1.82) is 0 Å². The number of benzene rings is 2. The number of fused-ring (bicyclic) bond motifs is 2. The number of amides is 1. The van der Waals surface area contributed by atoms with Crippen LogP contribution in [0.3, 0.4) is 0 Å². The molecule has 0 fully saturated rings. The van der Waals surface area contributed by atoms with Gasteiger partial charge in [-0.1, -0.05) is 36.4 Å². The number of aromatic hydroxyl groups is 1. The minimum atomic E-state index is -2.48. The van der Waals surface area contributed by atoms with Gasteiger partial charge in [0.1, 0.15) is 18.5 Å². The first-order valence-corrected chi connectivity index (χ1v) is 14.5. The van der Waals surface area contributed by atoms with E-state index in [-0.39, 0.29) is 35.2 Å². The first-order chi connectivity index (χ1) is 17.7. The summed E-state index contributed by atoms with van der Waals surface area (Å²) in [4.78, 5) is 19.4. The van der Waals surface area contributed by atoms with E-state index in [1.807, 2.05) is 24.3 Å². The molecular weight excluding hydrogens is 492 g/mol. The van der Waals surface area contributed by atoms with Gasteiger partial charge in [-0.2, -0.15) is 5.10 Å². The van der Waals surface area contributed by atoms with Crippen molar-refractivity contribution in [1.82, 2.24) is 19.9 Å². The predicted molar refractivity (Wildman–Crippen MR) is 140 cm³/mol. The molecule has 0 radical (unpaired) electrons. The minimum Gasteiger partial charge on any atom is -0.504 e. The molecule has 5 rings (SSSR count). The molecule has 37 heavy (non-hydrogen) atoms. The Hall–Kier alpha value is -3.97. The van der Waals surface area contributed by atoms with Crippen LogP contribution in [0.5, 0.6) is 5.75 Å². The highest BCUT2D eigenvalue weighted by atomic mass is 31.2. The number of hydrogen-bond acceptors (Lipinski definition) is 6. The van der Waals surface area contributed by atoms with Gasteiger partial charge in [-0.25, -0.2) is 4.39 Å². The van der Waals surface area contributed by atoms with E-state index in [9.17, 15) is 18.9 Å². The Morgan fingerprint density at radius 1 is 1.08 bits per heavy atom. The van der Waals surface area contributed by atoms with Crippen molar-refractivity contribution >= 4 is 29.3 Å². The third-order valence-electron chi connectivity index (χ3n) is 6.42.